The fourth-order valence-electron chi connectivity index (χ4n) is 2.55. The highest BCUT2D eigenvalue weighted by Crippen LogP contribution is 2.23. The van der Waals surface area contributed by atoms with Gasteiger partial charge in [0.15, 0.2) is 0 Å². The van der Waals surface area contributed by atoms with Crippen molar-refractivity contribution in [3.8, 4) is 0 Å². The molecular weight excluding hydrogens is 325 g/mol. The van der Waals surface area contributed by atoms with Crippen LogP contribution in [0.4, 0.5) is 20.6 Å². The molecule has 2 amide bonds. The number of hydrogen-bond acceptors (Lipinski definition) is 4. The zero-order valence-electron chi connectivity index (χ0n) is 14.9. The molecule has 0 radical (unpaired) electrons. The van der Waals surface area contributed by atoms with Gasteiger partial charge in [-0.1, -0.05) is 13.3 Å². The number of rotatable bonds is 9. The number of morpholine rings is 1. The summed E-state index contributed by atoms with van der Waals surface area (Å²) < 4.78 is 25.0. The van der Waals surface area contributed by atoms with Gasteiger partial charge in [-0.3, -0.25) is 0 Å². The Balaban J connectivity index is 1.71. The summed E-state index contributed by atoms with van der Waals surface area (Å²) in [6.07, 6.45) is 2.92. The number of benzene rings is 1. The lowest BCUT2D eigenvalue weighted by Gasteiger charge is -2.29. The molecule has 0 aromatic heterocycles. The van der Waals surface area contributed by atoms with Crippen LogP contribution < -0.4 is 15.5 Å². The van der Waals surface area contributed by atoms with Crippen molar-refractivity contribution in [2.45, 2.75) is 26.2 Å². The Kier molecular flexibility index (Phi) is 8.48. The van der Waals surface area contributed by atoms with Crippen LogP contribution in [0, 0.1) is 5.82 Å². The van der Waals surface area contributed by atoms with Crippen LogP contribution in [0.5, 0.6) is 0 Å². The molecule has 2 N–H and O–H groups in total. The Morgan fingerprint density at radius 3 is 2.76 bits per heavy atom. The van der Waals surface area contributed by atoms with Gasteiger partial charge in [-0.2, -0.15) is 0 Å². The van der Waals surface area contributed by atoms with E-state index < -0.39 is 0 Å². The Morgan fingerprint density at radius 1 is 1.28 bits per heavy atom. The number of halogens is 1. The molecule has 25 heavy (non-hydrogen) atoms. The normalized spacial score (nSPS) is 14.4. The van der Waals surface area contributed by atoms with Gasteiger partial charge >= 0.3 is 6.03 Å². The van der Waals surface area contributed by atoms with Gasteiger partial charge in [-0.25, -0.2) is 9.18 Å². The SMILES string of the molecule is CCCCOCCCNC(=O)Nc1ccc(N2CCOCC2)c(F)c1. The van der Waals surface area contributed by atoms with Crippen molar-refractivity contribution in [3.63, 3.8) is 0 Å². The van der Waals surface area contributed by atoms with E-state index in [0.29, 0.717) is 50.8 Å². The zero-order chi connectivity index (χ0) is 17.9. The molecule has 2 rings (SSSR count). The molecule has 1 saturated heterocycles. The first kappa shape index (κ1) is 19.5. The number of carbonyl (C=O) groups is 1. The van der Waals surface area contributed by atoms with Gasteiger partial charge in [-0.05, 0) is 31.0 Å². The van der Waals surface area contributed by atoms with Crippen LogP contribution in [0.3, 0.4) is 0 Å². The minimum Gasteiger partial charge on any atom is -0.381 e. The number of carbonyl (C=O) groups excluding carboxylic acids is 1. The fraction of sp³-hybridized carbons (Fsp3) is 0.611. The monoisotopic (exact) mass is 353 g/mol. The number of nitrogens with one attached hydrogen (secondary N) is 2. The summed E-state index contributed by atoms with van der Waals surface area (Å²) in [6, 6.07) is 4.41. The second kappa shape index (κ2) is 10.9. The number of nitrogens with zero attached hydrogens (tertiary/aromatic N) is 1. The van der Waals surface area contributed by atoms with Crippen molar-refractivity contribution in [3.05, 3.63) is 24.0 Å². The standard InChI is InChI=1S/C18H28FN3O3/c1-2-3-10-24-11-4-7-20-18(23)21-15-5-6-17(16(19)14-15)22-8-12-25-13-9-22/h5-6,14H,2-4,7-13H2,1H3,(H2,20,21,23). The molecule has 1 aliphatic rings. The van der Waals surface area contributed by atoms with E-state index in [9.17, 15) is 9.18 Å². The van der Waals surface area contributed by atoms with E-state index in [2.05, 4.69) is 17.6 Å². The lowest BCUT2D eigenvalue weighted by Crippen LogP contribution is -2.36. The van der Waals surface area contributed by atoms with Crippen molar-refractivity contribution < 1.29 is 18.7 Å². The van der Waals surface area contributed by atoms with E-state index in [1.165, 1.54) is 6.07 Å². The van der Waals surface area contributed by atoms with Gasteiger partial charge in [0.1, 0.15) is 5.82 Å². The Bertz CT molecular complexity index is 536. The van der Waals surface area contributed by atoms with E-state index in [4.69, 9.17) is 9.47 Å². The van der Waals surface area contributed by atoms with Crippen molar-refractivity contribution in [1.82, 2.24) is 5.32 Å². The van der Waals surface area contributed by atoms with Crippen LogP contribution in [-0.2, 0) is 9.47 Å². The van der Waals surface area contributed by atoms with Gasteiger partial charge in [0.2, 0.25) is 0 Å². The number of urea groups is 1. The summed E-state index contributed by atoms with van der Waals surface area (Å²) in [6.45, 7) is 6.57. The van der Waals surface area contributed by atoms with E-state index in [-0.39, 0.29) is 11.8 Å². The van der Waals surface area contributed by atoms with E-state index in [1.54, 1.807) is 12.1 Å². The largest absolute Gasteiger partial charge is 0.381 e. The molecule has 1 aromatic carbocycles. The third-order valence-corrected chi connectivity index (χ3v) is 3.95. The topological polar surface area (TPSA) is 62.8 Å². The zero-order valence-corrected chi connectivity index (χ0v) is 14.9. The highest BCUT2D eigenvalue weighted by atomic mass is 19.1. The molecule has 1 fully saturated rings. The average Bonchev–Trinajstić information content (AvgIpc) is 2.62. The molecule has 0 bridgehead atoms. The van der Waals surface area contributed by atoms with Gasteiger partial charge in [0.05, 0.1) is 18.9 Å². The van der Waals surface area contributed by atoms with Crippen LogP contribution in [0.15, 0.2) is 18.2 Å². The van der Waals surface area contributed by atoms with Crippen LogP contribution >= 0.6 is 0 Å². The maximum Gasteiger partial charge on any atom is 0.319 e. The Morgan fingerprint density at radius 2 is 2.04 bits per heavy atom. The fourth-order valence-corrected chi connectivity index (χ4v) is 2.55. The van der Waals surface area contributed by atoms with Gasteiger partial charge in [0, 0.05) is 38.5 Å². The summed E-state index contributed by atoms with van der Waals surface area (Å²) in [5, 5.41) is 5.39. The first-order valence-corrected chi connectivity index (χ1v) is 8.95. The maximum atomic E-state index is 14.3. The minimum absolute atomic E-state index is 0.341. The molecule has 0 unspecified atom stereocenters. The lowest BCUT2D eigenvalue weighted by molar-refractivity contribution is 0.122. The molecule has 7 heteroatoms. The van der Waals surface area contributed by atoms with Crippen molar-refractivity contribution in [2.24, 2.45) is 0 Å². The number of ether oxygens (including phenoxy) is 2. The highest BCUT2D eigenvalue weighted by Gasteiger charge is 2.15. The van der Waals surface area contributed by atoms with Gasteiger partial charge < -0.3 is 25.0 Å². The van der Waals surface area contributed by atoms with Crippen molar-refractivity contribution in [1.29, 1.82) is 0 Å². The van der Waals surface area contributed by atoms with E-state index in [1.807, 2.05) is 4.90 Å². The third kappa shape index (κ3) is 6.88. The minimum atomic E-state index is -0.343. The second-order valence-electron chi connectivity index (χ2n) is 5.97. The Hall–Kier alpha value is -1.86. The van der Waals surface area contributed by atoms with Crippen LogP contribution in [0.25, 0.3) is 0 Å². The van der Waals surface area contributed by atoms with E-state index in [0.717, 1.165) is 25.9 Å². The van der Waals surface area contributed by atoms with Crippen molar-refractivity contribution >= 4 is 17.4 Å². The molecule has 1 aromatic rings. The number of unbranched alkanes of at least 4 members (excludes halogenated alkanes) is 1. The Labute approximate surface area is 148 Å². The second-order valence-corrected chi connectivity index (χ2v) is 5.97. The predicted molar refractivity (Wildman–Crippen MR) is 96.8 cm³/mol. The first-order chi connectivity index (χ1) is 12.2. The third-order valence-electron chi connectivity index (χ3n) is 3.95. The first-order valence-electron chi connectivity index (χ1n) is 8.95. The quantitative estimate of drug-likeness (QED) is 0.670. The molecule has 0 aliphatic carbocycles. The summed E-state index contributed by atoms with van der Waals surface area (Å²) in [5.74, 6) is -0.343. The smallest absolute Gasteiger partial charge is 0.319 e. The molecule has 0 spiro atoms. The van der Waals surface area contributed by atoms with Crippen LogP contribution in [0.2, 0.25) is 0 Å². The summed E-state index contributed by atoms with van der Waals surface area (Å²) in [4.78, 5) is 13.8. The maximum absolute atomic E-state index is 14.3. The number of anilines is 2. The predicted octanol–water partition coefficient (Wildman–Crippen LogP) is 2.99. The number of hydrogen-bond donors (Lipinski definition) is 2. The molecule has 0 saturated carbocycles. The molecular formula is C18H28FN3O3. The highest BCUT2D eigenvalue weighted by molar-refractivity contribution is 5.89. The molecule has 140 valence electrons. The molecule has 0 atom stereocenters. The van der Waals surface area contributed by atoms with Gasteiger partial charge in [-0.15, -0.1) is 0 Å². The summed E-state index contributed by atoms with van der Waals surface area (Å²) in [5.41, 5.74) is 0.977. The van der Waals surface area contributed by atoms with E-state index >= 15 is 0 Å². The average molecular weight is 353 g/mol. The molecule has 6 nitrogen and oxygen atoms in total. The van der Waals surface area contributed by atoms with Crippen LogP contribution in [-0.4, -0.2) is 52.1 Å². The molecule has 1 aliphatic heterocycles. The van der Waals surface area contributed by atoms with Crippen LogP contribution in [0.1, 0.15) is 26.2 Å². The van der Waals surface area contributed by atoms with Crippen molar-refractivity contribution in [2.75, 3.05) is 56.3 Å². The summed E-state index contributed by atoms with van der Waals surface area (Å²) in [7, 11) is 0. The summed E-state index contributed by atoms with van der Waals surface area (Å²) >= 11 is 0. The lowest BCUT2D eigenvalue weighted by atomic mass is 10.2. The van der Waals surface area contributed by atoms with Gasteiger partial charge in [0.25, 0.3) is 0 Å². The molecule has 1 heterocycles. The number of amides is 2.